The first-order valence-electron chi connectivity index (χ1n) is 6.28. The van der Waals surface area contributed by atoms with Crippen LogP contribution in [-0.2, 0) is 17.7 Å². The summed E-state index contributed by atoms with van der Waals surface area (Å²) in [5, 5.41) is 3.39. The van der Waals surface area contributed by atoms with E-state index in [-0.39, 0.29) is 0 Å². The predicted octanol–water partition coefficient (Wildman–Crippen LogP) is 2.07. The number of primary amides is 1. The third-order valence-corrected chi connectivity index (χ3v) is 2.54. The summed E-state index contributed by atoms with van der Waals surface area (Å²) in [7, 11) is 0. The number of hydrogen-bond donors (Lipinski definition) is 2. The predicted molar refractivity (Wildman–Crippen MR) is 72.2 cm³/mol. The van der Waals surface area contributed by atoms with Gasteiger partial charge in [0.1, 0.15) is 0 Å². The summed E-state index contributed by atoms with van der Waals surface area (Å²) in [4.78, 5) is 10.4. The van der Waals surface area contributed by atoms with Gasteiger partial charge >= 0.3 is 6.09 Å². The lowest BCUT2D eigenvalue weighted by atomic mass is 10.1. The third kappa shape index (κ3) is 6.25. The maximum Gasteiger partial charge on any atom is 0.404 e. The van der Waals surface area contributed by atoms with E-state index in [0.29, 0.717) is 18.9 Å². The minimum Gasteiger partial charge on any atom is -0.449 e. The third-order valence-electron chi connectivity index (χ3n) is 2.54. The monoisotopic (exact) mass is 250 g/mol. The van der Waals surface area contributed by atoms with Gasteiger partial charge in [-0.1, -0.05) is 38.1 Å². The Kier molecular flexibility index (Phi) is 6.22. The molecular weight excluding hydrogens is 228 g/mol. The molecule has 1 amide bonds. The van der Waals surface area contributed by atoms with E-state index in [0.717, 1.165) is 18.7 Å². The highest BCUT2D eigenvalue weighted by Crippen LogP contribution is 2.05. The minimum atomic E-state index is -0.718. The van der Waals surface area contributed by atoms with Crippen LogP contribution in [0.2, 0.25) is 0 Å². The summed E-state index contributed by atoms with van der Waals surface area (Å²) < 4.78 is 4.69. The number of carbonyl (C=O) groups excluding carboxylic acids is 1. The van der Waals surface area contributed by atoms with Crippen molar-refractivity contribution >= 4 is 6.09 Å². The van der Waals surface area contributed by atoms with Gasteiger partial charge in [0, 0.05) is 13.0 Å². The second-order valence-electron chi connectivity index (χ2n) is 4.76. The number of benzene rings is 1. The largest absolute Gasteiger partial charge is 0.449 e. The number of nitrogens with one attached hydrogen (secondary N) is 1. The van der Waals surface area contributed by atoms with Crippen LogP contribution in [-0.4, -0.2) is 19.2 Å². The lowest BCUT2D eigenvalue weighted by molar-refractivity contribution is 0.158. The molecule has 0 spiro atoms. The van der Waals surface area contributed by atoms with Gasteiger partial charge in [0.05, 0.1) is 6.61 Å². The van der Waals surface area contributed by atoms with Crippen molar-refractivity contribution in [3.05, 3.63) is 35.4 Å². The summed E-state index contributed by atoms with van der Waals surface area (Å²) in [6.07, 6.45) is -0.0210. The second-order valence-corrected chi connectivity index (χ2v) is 4.76. The Morgan fingerprint density at radius 3 is 2.44 bits per heavy atom. The fourth-order valence-electron chi connectivity index (χ4n) is 1.60. The molecule has 0 aromatic heterocycles. The zero-order valence-corrected chi connectivity index (χ0v) is 11.1. The Bertz CT molecular complexity index is 361. The number of carbonyl (C=O) groups is 1. The molecule has 0 radical (unpaired) electrons. The highest BCUT2D eigenvalue weighted by Gasteiger charge is 1.98. The maximum absolute atomic E-state index is 10.4. The molecule has 1 rings (SSSR count). The lowest BCUT2D eigenvalue weighted by Crippen LogP contribution is -2.18. The molecule has 0 heterocycles. The van der Waals surface area contributed by atoms with Gasteiger partial charge in [-0.05, 0) is 23.6 Å². The van der Waals surface area contributed by atoms with Crippen molar-refractivity contribution in [1.29, 1.82) is 0 Å². The smallest absolute Gasteiger partial charge is 0.404 e. The van der Waals surface area contributed by atoms with Gasteiger partial charge in [0.15, 0.2) is 0 Å². The van der Waals surface area contributed by atoms with Gasteiger partial charge in [0.25, 0.3) is 0 Å². The summed E-state index contributed by atoms with van der Waals surface area (Å²) in [5.74, 6) is 0.662. The average molecular weight is 250 g/mol. The van der Waals surface area contributed by atoms with E-state index in [2.05, 4.69) is 43.4 Å². The first-order chi connectivity index (χ1) is 8.58. The molecule has 18 heavy (non-hydrogen) atoms. The van der Waals surface area contributed by atoms with Crippen molar-refractivity contribution < 1.29 is 9.53 Å². The highest BCUT2D eigenvalue weighted by molar-refractivity contribution is 5.64. The summed E-state index contributed by atoms with van der Waals surface area (Å²) in [6.45, 7) is 6.62. The van der Waals surface area contributed by atoms with Crippen molar-refractivity contribution in [3.63, 3.8) is 0 Å². The highest BCUT2D eigenvalue weighted by atomic mass is 16.5. The van der Waals surface area contributed by atoms with E-state index in [1.165, 1.54) is 5.56 Å². The maximum atomic E-state index is 10.4. The molecule has 0 fully saturated rings. The van der Waals surface area contributed by atoms with Crippen LogP contribution in [0, 0.1) is 5.92 Å². The zero-order valence-electron chi connectivity index (χ0n) is 11.1. The molecule has 0 saturated heterocycles. The Morgan fingerprint density at radius 2 is 1.89 bits per heavy atom. The van der Waals surface area contributed by atoms with E-state index < -0.39 is 6.09 Å². The van der Waals surface area contributed by atoms with Crippen molar-refractivity contribution in [2.24, 2.45) is 11.7 Å². The molecule has 4 heteroatoms. The molecule has 1 aromatic carbocycles. The molecule has 0 unspecified atom stereocenters. The Morgan fingerprint density at radius 1 is 1.28 bits per heavy atom. The van der Waals surface area contributed by atoms with Crippen LogP contribution in [0.25, 0.3) is 0 Å². The minimum absolute atomic E-state index is 0.334. The molecule has 0 atom stereocenters. The van der Waals surface area contributed by atoms with E-state index in [4.69, 9.17) is 10.5 Å². The number of ether oxygens (including phenoxy) is 1. The van der Waals surface area contributed by atoms with Gasteiger partial charge in [0.2, 0.25) is 0 Å². The van der Waals surface area contributed by atoms with Crippen molar-refractivity contribution in [2.75, 3.05) is 13.2 Å². The fourth-order valence-corrected chi connectivity index (χ4v) is 1.60. The molecule has 0 saturated carbocycles. The Hall–Kier alpha value is -1.55. The quantitative estimate of drug-likeness (QED) is 0.778. The van der Waals surface area contributed by atoms with Crippen molar-refractivity contribution in [3.8, 4) is 0 Å². The van der Waals surface area contributed by atoms with Gasteiger partial charge in [-0.3, -0.25) is 0 Å². The van der Waals surface area contributed by atoms with Crippen LogP contribution >= 0.6 is 0 Å². The van der Waals surface area contributed by atoms with E-state index in [1.807, 2.05) is 0 Å². The molecule has 0 bridgehead atoms. The van der Waals surface area contributed by atoms with Gasteiger partial charge in [-0.2, -0.15) is 0 Å². The molecule has 4 nitrogen and oxygen atoms in total. The van der Waals surface area contributed by atoms with Crippen LogP contribution < -0.4 is 11.1 Å². The molecule has 100 valence electrons. The fraction of sp³-hybridized carbons (Fsp3) is 0.500. The molecular formula is C14H22N2O2. The standard InChI is InChI=1S/C14H22N2O2/c1-11(2)9-16-10-13-5-3-12(4-6-13)7-8-18-14(15)17/h3-6,11,16H,7-10H2,1-2H3,(H2,15,17). The molecule has 3 N–H and O–H groups in total. The van der Waals surface area contributed by atoms with Crippen LogP contribution in [0.3, 0.4) is 0 Å². The number of nitrogens with two attached hydrogens (primary N) is 1. The Labute approximate surface area is 109 Å². The van der Waals surface area contributed by atoms with Crippen molar-refractivity contribution in [2.45, 2.75) is 26.8 Å². The van der Waals surface area contributed by atoms with Crippen molar-refractivity contribution in [1.82, 2.24) is 5.32 Å². The SMILES string of the molecule is CC(C)CNCc1ccc(CCOC(N)=O)cc1. The number of hydrogen-bond acceptors (Lipinski definition) is 3. The molecule has 0 aliphatic carbocycles. The van der Waals surface area contributed by atoms with Crippen LogP contribution in [0.1, 0.15) is 25.0 Å². The summed E-state index contributed by atoms with van der Waals surface area (Å²) in [6, 6.07) is 8.29. The van der Waals surface area contributed by atoms with Crippen LogP contribution in [0.15, 0.2) is 24.3 Å². The molecule has 0 aliphatic rings. The number of amides is 1. The molecule has 0 aliphatic heterocycles. The van der Waals surface area contributed by atoms with Gasteiger partial charge < -0.3 is 15.8 Å². The lowest BCUT2D eigenvalue weighted by Gasteiger charge is -2.08. The normalized spacial score (nSPS) is 10.6. The summed E-state index contributed by atoms with van der Waals surface area (Å²) >= 11 is 0. The Balaban J connectivity index is 2.31. The van der Waals surface area contributed by atoms with Crippen LogP contribution in [0.4, 0.5) is 4.79 Å². The zero-order chi connectivity index (χ0) is 13.4. The molecule has 1 aromatic rings. The average Bonchev–Trinajstić information content (AvgIpc) is 2.30. The van der Waals surface area contributed by atoms with Gasteiger partial charge in [-0.25, -0.2) is 4.79 Å². The van der Waals surface area contributed by atoms with Gasteiger partial charge in [-0.15, -0.1) is 0 Å². The number of rotatable bonds is 7. The van der Waals surface area contributed by atoms with E-state index in [1.54, 1.807) is 0 Å². The topological polar surface area (TPSA) is 64.3 Å². The van der Waals surface area contributed by atoms with Crippen LogP contribution in [0.5, 0.6) is 0 Å². The first-order valence-corrected chi connectivity index (χ1v) is 6.28. The van der Waals surface area contributed by atoms with E-state index in [9.17, 15) is 4.79 Å². The first kappa shape index (κ1) is 14.5. The summed E-state index contributed by atoms with van der Waals surface area (Å²) in [5.41, 5.74) is 7.29. The second kappa shape index (κ2) is 7.71. The van der Waals surface area contributed by atoms with E-state index >= 15 is 0 Å².